The first kappa shape index (κ1) is 7.33. The van der Waals surface area contributed by atoms with Crippen molar-refractivity contribution >= 4 is 21.9 Å². The van der Waals surface area contributed by atoms with E-state index in [-0.39, 0.29) is 17.9 Å². The second kappa shape index (κ2) is 4.89. The van der Waals surface area contributed by atoms with Crippen molar-refractivity contribution in [3.05, 3.63) is 52.6 Å². The van der Waals surface area contributed by atoms with Gasteiger partial charge in [0, 0.05) is 25.1 Å². The van der Waals surface area contributed by atoms with Crippen molar-refractivity contribution in [3.8, 4) is 5.75 Å². The minimum Gasteiger partial charge on any atom is -0.482 e. The van der Waals surface area contributed by atoms with Crippen molar-refractivity contribution in [3.63, 3.8) is 0 Å². The molecule has 0 radical (unpaired) electrons. The molecule has 4 nitrogen and oxygen atoms in total. The molecule has 0 saturated carbocycles. The first-order valence-electron chi connectivity index (χ1n) is 8.85. The number of hydrogen-bond acceptors (Lipinski definition) is 4. The fraction of sp³-hybridized carbons (Fsp3) is 0.188. The highest BCUT2D eigenvalue weighted by atomic mass is 16.5. The summed E-state index contributed by atoms with van der Waals surface area (Å²) in [6, 6.07) is 6.26. The third-order valence-electron chi connectivity index (χ3n) is 2.80. The maximum atomic E-state index is 11.5. The summed E-state index contributed by atoms with van der Waals surface area (Å²) >= 11 is 0. The van der Waals surface area contributed by atoms with Crippen LogP contribution >= 0.6 is 0 Å². The number of furan rings is 1. The molecule has 0 fully saturated rings. The molecule has 2 aromatic heterocycles. The summed E-state index contributed by atoms with van der Waals surface area (Å²) in [4.78, 5) is 11.5. The molecule has 0 aliphatic rings. The average Bonchev–Trinajstić information content (AvgIpc) is 2.96. The predicted octanol–water partition coefficient (Wildman–Crippen LogP) is 3.88. The Morgan fingerprint density at radius 3 is 3.00 bits per heavy atom. The summed E-state index contributed by atoms with van der Waals surface area (Å²) in [5, 5.41) is 1.28. The highest BCUT2D eigenvalue weighted by Gasteiger charge is 2.14. The van der Waals surface area contributed by atoms with Gasteiger partial charge in [-0.05, 0) is 38.0 Å². The Balaban J connectivity index is 2.05. The van der Waals surface area contributed by atoms with Crippen LogP contribution in [-0.4, -0.2) is 6.61 Å². The molecule has 0 bridgehead atoms. The van der Waals surface area contributed by atoms with E-state index in [1.165, 1.54) is 12.3 Å². The number of ether oxygens (including phenoxy) is 1. The van der Waals surface area contributed by atoms with Crippen LogP contribution in [0.15, 0.2) is 55.8 Å². The molecular weight excluding hydrogens is 256 g/mol. The zero-order valence-corrected chi connectivity index (χ0v) is 10.3. The Hall–Kier alpha value is -2.49. The second-order valence-electron chi connectivity index (χ2n) is 4.15. The maximum Gasteiger partial charge on any atom is 0.336 e. The highest BCUT2D eigenvalue weighted by molar-refractivity contribution is 5.99. The summed E-state index contributed by atoms with van der Waals surface area (Å²) in [6.45, 7) is -5.90. The third-order valence-corrected chi connectivity index (χ3v) is 2.80. The van der Waals surface area contributed by atoms with E-state index in [0.29, 0.717) is 16.4 Å². The lowest BCUT2D eigenvalue weighted by Gasteiger charge is -2.07. The molecule has 0 spiro atoms. The molecule has 0 amide bonds. The molecule has 0 atom stereocenters. The van der Waals surface area contributed by atoms with Crippen molar-refractivity contribution in [1.82, 2.24) is 0 Å². The zero-order chi connectivity index (χ0) is 19.1. The van der Waals surface area contributed by atoms with E-state index in [4.69, 9.17) is 21.8 Å². The SMILES string of the molecule is [2H]C([2H])([2H])C(=CCOc1c2occc2cc2ccc(=O)oc12)C([2H])([2H])[2H]. The van der Waals surface area contributed by atoms with Crippen LogP contribution in [0, 0.1) is 0 Å². The Labute approximate surface area is 123 Å². The molecular formula is C16H14O4. The Kier molecular flexibility index (Phi) is 1.79. The standard InChI is InChI=1S/C16H14O4/c1-10(2)5-7-19-16-14-12(6-8-18-14)9-11-3-4-13(17)20-15(11)16/h3-6,8-9H,7H2,1-2H3/i1D3,2D3. The molecule has 20 heavy (non-hydrogen) atoms. The molecule has 0 aliphatic heterocycles. The summed E-state index contributed by atoms with van der Waals surface area (Å²) in [5.74, 6) is 0.104. The van der Waals surface area contributed by atoms with Crippen molar-refractivity contribution in [2.24, 2.45) is 0 Å². The zero-order valence-electron chi connectivity index (χ0n) is 16.3. The lowest BCUT2D eigenvalue weighted by molar-refractivity contribution is 0.355. The van der Waals surface area contributed by atoms with Gasteiger partial charge in [0.1, 0.15) is 6.61 Å². The lowest BCUT2D eigenvalue weighted by Crippen LogP contribution is -1.99. The number of allylic oxidation sites excluding steroid dienone is 1. The molecule has 102 valence electrons. The van der Waals surface area contributed by atoms with Gasteiger partial charge in [0.25, 0.3) is 0 Å². The number of hydrogen-bond donors (Lipinski definition) is 0. The van der Waals surface area contributed by atoms with Crippen LogP contribution in [0.3, 0.4) is 0 Å². The lowest BCUT2D eigenvalue weighted by atomic mass is 10.1. The smallest absolute Gasteiger partial charge is 0.336 e. The van der Waals surface area contributed by atoms with Crippen LogP contribution in [0.1, 0.15) is 21.9 Å². The predicted molar refractivity (Wildman–Crippen MR) is 77.2 cm³/mol. The van der Waals surface area contributed by atoms with Crippen molar-refractivity contribution in [2.75, 3.05) is 6.61 Å². The van der Waals surface area contributed by atoms with E-state index in [9.17, 15) is 4.79 Å². The van der Waals surface area contributed by atoms with Crippen LogP contribution in [0.5, 0.6) is 5.75 Å². The van der Waals surface area contributed by atoms with Gasteiger partial charge in [-0.2, -0.15) is 0 Å². The van der Waals surface area contributed by atoms with Crippen LogP contribution in [-0.2, 0) is 0 Å². The molecule has 4 heteroatoms. The van der Waals surface area contributed by atoms with Gasteiger partial charge in [-0.15, -0.1) is 0 Å². The monoisotopic (exact) mass is 276 g/mol. The maximum absolute atomic E-state index is 11.5. The quantitative estimate of drug-likeness (QED) is 0.538. The minimum absolute atomic E-state index is 0.104. The molecule has 2 heterocycles. The van der Waals surface area contributed by atoms with E-state index >= 15 is 0 Å². The normalized spacial score (nSPS) is 16.6. The Bertz CT molecular complexity index is 1020. The van der Waals surface area contributed by atoms with Gasteiger partial charge in [-0.3, -0.25) is 0 Å². The van der Waals surface area contributed by atoms with Gasteiger partial charge in [0.15, 0.2) is 11.2 Å². The van der Waals surface area contributed by atoms with Gasteiger partial charge in [-0.1, -0.05) is 5.57 Å². The highest BCUT2D eigenvalue weighted by Crippen LogP contribution is 2.34. The molecule has 0 unspecified atom stereocenters. The topological polar surface area (TPSA) is 52.6 Å². The number of fused-ring (bicyclic) bond motifs is 2. The van der Waals surface area contributed by atoms with Crippen LogP contribution in [0.2, 0.25) is 0 Å². The van der Waals surface area contributed by atoms with E-state index in [2.05, 4.69) is 0 Å². The van der Waals surface area contributed by atoms with Crippen molar-refractivity contribution in [2.45, 2.75) is 13.7 Å². The first-order valence-corrected chi connectivity index (χ1v) is 5.85. The van der Waals surface area contributed by atoms with E-state index in [1.807, 2.05) is 0 Å². The largest absolute Gasteiger partial charge is 0.482 e. The average molecular weight is 276 g/mol. The van der Waals surface area contributed by atoms with Gasteiger partial charge < -0.3 is 13.6 Å². The number of benzene rings is 1. The van der Waals surface area contributed by atoms with E-state index in [0.717, 1.165) is 6.08 Å². The van der Waals surface area contributed by atoms with Crippen LogP contribution < -0.4 is 10.4 Å². The van der Waals surface area contributed by atoms with Crippen molar-refractivity contribution in [1.29, 1.82) is 0 Å². The van der Waals surface area contributed by atoms with Gasteiger partial charge in [-0.25, -0.2) is 4.79 Å². The van der Waals surface area contributed by atoms with Crippen molar-refractivity contribution < 1.29 is 21.8 Å². The van der Waals surface area contributed by atoms with Crippen LogP contribution in [0.25, 0.3) is 21.9 Å². The van der Waals surface area contributed by atoms with Gasteiger partial charge >= 0.3 is 5.63 Å². The van der Waals surface area contributed by atoms with Gasteiger partial charge in [0.2, 0.25) is 5.75 Å². The van der Waals surface area contributed by atoms with E-state index < -0.39 is 24.9 Å². The Morgan fingerprint density at radius 1 is 1.30 bits per heavy atom. The van der Waals surface area contributed by atoms with Gasteiger partial charge in [0.05, 0.1) is 6.26 Å². The minimum atomic E-state index is -2.78. The summed E-state index contributed by atoms with van der Waals surface area (Å²) in [5.41, 5.74) is -0.834. The fourth-order valence-electron chi connectivity index (χ4n) is 1.95. The third kappa shape index (κ3) is 2.20. The molecule has 3 rings (SSSR count). The van der Waals surface area contributed by atoms with Crippen LogP contribution in [0.4, 0.5) is 0 Å². The summed E-state index contributed by atoms with van der Waals surface area (Å²) < 4.78 is 60.3. The Morgan fingerprint density at radius 2 is 2.15 bits per heavy atom. The molecule has 1 aromatic carbocycles. The molecule has 0 saturated heterocycles. The summed E-state index contributed by atoms with van der Waals surface area (Å²) in [7, 11) is 0. The first-order chi connectivity index (χ1) is 12.1. The van der Waals surface area contributed by atoms with E-state index in [1.54, 1.807) is 18.2 Å². The number of rotatable bonds is 3. The fourth-order valence-corrected chi connectivity index (χ4v) is 1.95. The molecule has 0 aliphatic carbocycles. The molecule has 3 aromatic rings. The summed E-state index contributed by atoms with van der Waals surface area (Å²) in [6.07, 6.45) is 2.43. The molecule has 0 N–H and O–H groups in total. The second-order valence-corrected chi connectivity index (χ2v) is 4.15.